The molecule has 0 spiro atoms. The second-order valence-electron chi connectivity index (χ2n) is 6.37. The zero-order chi connectivity index (χ0) is 18.7. The van der Waals surface area contributed by atoms with E-state index in [1.165, 1.54) is 10.4 Å². The Labute approximate surface area is 159 Å². The summed E-state index contributed by atoms with van der Waals surface area (Å²) < 4.78 is 27.1. The van der Waals surface area contributed by atoms with Crippen molar-refractivity contribution in [3.8, 4) is 0 Å². The maximum atomic E-state index is 12.8. The number of nitrogens with one attached hydrogen (secondary N) is 1. The van der Waals surface area contributed by atoms with Crippen molar-refractivity contribution in [3.05, 3.63) is 64.2 Å². The molecule has 1 saturated heterocycles. The van der Waals surface area contributed by atoms with Crippen LogP contribution in [0.2, 0.25) is 5.02 Å². The van der Waals surface area contributed by atoms with E-state index in [2.05, 4.69) is 5.32 Å². The molecule has 2 aromatic rings. The zero-order valence-corrected chi connectivity index (χ0v) is 16.1. The molecule has 2 aromatic carbocycles. The van der Waals surface area contributed by atoms with Gasteiger partial charge in [0.2, 0.25) is 10.0 Å². The van der Waals surface area contributed by atoms with E-state index in [1.54, 1.807) is 25.1 Å². The van der Waals surface area contributed by atoms with Gasteiger partial charge in [-0.2, -0.15) is 4.31 Å². The second kappa shape index (κ2) is 7.78. The van der Waals surface area contributed by atoms with Gasteiger partial charge in [0.05, 0.1) is 4.90 Å². The minimum atomic E-state index is -3.57. The van der Waals surface area contributed by atoms with Crippen molar-refractivity contribution < 1.29 is 13.2 Å². The molecule has 5 nitrogen and oxygen atoms in total. The van der Waals surface area contributed by atoms with Crippen molar-refractivity contribution in [2.75, 3.05) is 13.1 Å². The lowest BCUT2D eigenvalue weighted by Crippen LogP contribution is -2.29. The van der Waals surface area contributed by atoms with Gasteiger partial charge in [0.25, 0.3) is 5.91 Å². The number of carbonyl (C=O) groups excluding carboxylic acids is 1. The third-order valence-electron chi connectivity index (χ3n) is 4.53. The van der Waals surface area contributed by atoms with Gasteiger partial charge < -0.3 is 5.32 Å². The highest BCUT2D eigenvalue weighted by molar-refractivity contribution is 7.89. The number of hydrogen-bond donors (Lipinski definition) is 1. The predicted molar refractivity (Wildman–Crippen MR) is 102 cm³/mol. The quantitative estimate of drug-likeness (QED) is 0.848. The van der Waals surface area contributed by atoms with Crippen LogP contribution in [0, 0.1) is 6.92 Å². The minimum absolute atomic E-state index is 0.199. The predicted octanol–water partition coefficient (Wildman–Crippen LogP) is 3.36. The Bertz CT molecular complexity index is 922. The second-order valence-corrected chi connectivity index (χ2v) is 8.68. The first kappa shape index (κ1) is 18.9. The molecule has 26 heavy (non-hydrogen) atoms. The molecule has 138 valence electrons. The van der Waals surface area contributed by atoms with E-state index in [4.69, 9.17) is 11.6 Å². The van der Waals surface area contributed by atoms with Gasteiger partial charge in [0, 0.05) is 30.2 Å². The number of aryl methyl sites for hydroxylation is 1. The van der Waals surface area contributed by atoms with Crippen molar-refractivity contribution in [3.63, 3.8) is 0 Å². The van der Waals surface area contributed by atoms with E-state index in [-0.39, 0.29) is 17.3 Å². The smallest absolute Gasteiger partial charge is 0.251 e. The van der Waals surface area contributed by atoms with Crippen LogP contribution in [0.15, 0.2) is 47.4 Å². The van der Waals surface area contributed by atoms with E-state index in [0.717, 1.165) is 18.4 Å². The van der Waals surface area contributed by atoms with Gasteiger partial charge in [-0.3, -0.25) is 4.79 Å². The number of carbonyl (C=O) groups is 1. The van der Waals surface area contributed by atoms with Gasteiger partial charge in [-0.15, -0.1) is 0 Å². The van der Waals surface area contributed by atoms with Crippen LogP contribution in [-0.4, -0.2) is 31.7 Å². The van der Waals surface area contributed by atoms with Crippen LogP contribution >= 0.6 is 11.6 Å². The highest BCUT2D eigenvalue weighted by Crippen LogP contribution is 2.24. The lowest BCUT2D eigenvalue weighted by Gasteiger charge is -2.18. The van der Waals surface area contributed by atoms with Crippen LogP contribution in [0.4, 0.5) is 0 Å². The number of sulfonamides is 1. The van der Waals surface area contributed by atoms with Crippen LogP contribution in [0.1, 0.15) is 34.3 Å². The molecule has 0 atom stereocenters. The summed E-state index contributed by atoms with van der Waals surface area (Å²) in [6, 6.07) is 12.0. The first-order valence-corrected chi connectivity index (χ1v) is 10.3. The number of amides is 1. The van der Waals surface area contributed by atoms with Crippen LogP contribution in [0.3, 0.4) is 0 Å². The van der Waals surface area contributed by atoms with Gasteiger partial charge in [-0.1, -0.05) is 35.9 Å². The van der Waals surface area contributed by atoms with Crippen molar-refractivity contribution in [2.24, 2.45) is 0 Å². The Morgan fingerprint density at radius 2 is 1.85 bits per heavy atom. The Morgan fingerprint density at radius 3 is 2.54 bits per heavy atom. The molecule has 0 radical (unpaired) electrons. The average Bonchev–Trinajstić information content (AvgIpc) is 3.16. The maximum absolute atomic E-state index is 12.8. The molecule has 1 N–H and O–H groups in total. The van der Waals surface area contributed by atoms with E-state index in [1.807, 2.05) is 18.2 Å². The molecule has 7 heteroatoms. The van der Waals surface area contributed by atoms with Gasteiger partial charge >= 0.3 is 0 Å². The van der Waals surface area contributed by atoms with Crippen molar-refractivity contribution >= 4 is 27.5 Å². The highest BCUT2D eigenvalue weighted by atomic mass is 35.5. The molecular formula is C19H21ClN2O3S. The summed E-state index contributed by atoms with van der Waals surface area (Å²) in [5.74, 6) is -0.331. The van der Waals surface area contributed by atoms with Crippen molar-refractivity contribution in [1.82, 2.24) is 9.62 Å². The molecule has 1 heterocycles. The summed E-state index contributed by atoms with van der Waals surface area (Å²) in [5.41, 5.74) is 1.76. The van der Waals surface area contributed by atoms with Crippen LogP contribution in [0.5, 0.6) is 0 Å². The third kappa shape index (κ3) is 3.92. The molecule has 0 saturated carbocycles. The fourth-order valence-electron chi connectivity index (χ4n) is 3.01. The molecule has 3 rings (SSSR count). The standard InChI is InChI=1S/C19H21ClN2O3S/c1-14-8-9-15(12-18(14)26(24,25)22-10-4-5-11-22)19(23)21-13-16-6-2-3-7-17(16)20/h2-3,6-9,12H,4-5,10-11,13H2,1H3,(H,21,23). The summed E-state index contributed by atoms with van der Waals surface area (Å²) >= 11 is 6.10. The van der Waals surface area contributed by atoms with Gasteiger partial charge in [-0.05, 0) is 49.1 Å². The first-order valence-electron chi connectivity index (χ1n) is 8.52. The Morgan fingerprint density at radius 1 is 1.15 bits per heavy atom. The van der Waals surface area contributed by atoms with Gasteiger partial charge in [0.15, 0.2) is 0 Å². The SMILES string of the molecule is Cc1ccc(C(=O)NCc2ccccc2Cl)cc1S(=O)(=O)N1CCCC1. The van der Waals surface area contributed by atoms with Crippen molar-refractivity contribution in [2.45, 2.75) is 31.2 Å². The number of benzene rings is 2. The summed E-state index contributed by atoms with van der Waals surface area (Å²) in [7, 11) is -3.57. The first-order chi connectivity index (χ1) is 12.4. The summed E-state index contributed by atoms with van der Waals surface area (Å²) in [6.45, 7) is 3.09. The number of nitrogens with zero attached hydrogens (tertiary/aromatic N) is 1. The van der Waals surface area contributed by atoms with Gasteiger partial charge in [0.1, 0.15) is 0 Å². The lowest BCUT2D eigenvalue weighted by molar-refractivity contribution is 0.0950. The van der Waals surface area contributed by atoms with E-state index in [9.17, 15) is 13.2 Å². The fraction of sp³-hybridized carbons (Fsp3) is 0.316. The third-order valence-corrected chi connectivity index (χ3v) is 6.94. The van der Waals surface area contributed by atoms with E-state index >= 15 is 0 Å². The molecular weight excluding hydrogens is 372 g/mol. The molecule has 0 unspecified atom stereocenters. The Balaban J connectivity index is 1.80. The molecule has 0 aliphatic carbocycles. The van der Waals surface area contributed by atoms with Crippen molar-refractivity contribution in [1.29, 1.82) is 0 Å². The highest BCUT2D eigenvalue weighted by Gasteiger charge is 2.29. The molecule has 1 fully saturated rings. The molecule has 1 amide bonds. The summed E-state index contributed by atoms with van der Waals surface area (Å²) in [6.07, 6.45) is 1.74. The van der Waals surface area contributed by atoms with Crippen LogP contribution in [0.25, 0.3) is 0 Å². The van der Waals surface area contributed by atoms with Crippen LogP contribution in [-0.2, 0) is 16.6 Å². The molecule has 1 aliphatic heterocycles. The maximum Gasteiger partial charge on any atom is 0.251 e. The normalized spacial score (nSPS) is 15.2. The fourth-order valence-corrected chi connectivity index (χ4v) is 4.98. The minimum Gasteiger partial charge on any atom is -0.348 e. The van der Waals surface area contributed by atoms with E-state index in [0.29, 0.717) is 29.2 Å². The largest absolute Gasteiger partial charge is 0.348 e. The summed E-state index contributed by atoms with van der Waals surface area (Å²) in [4.78, 5) is 12.7. The average molecular weight is 393 g/mol. The monoisotopic (exact) mass is 392 g/mol. The lowest BCUT2D eigenvalue weighted by atomic mass is 10.1. The molecule has 0 bridgehead atoms. The summed E-state index contributed by atoms with van der Waals surface area (Å²) in [5, 5.41) is 3.37. The number of halogens is 1. The Kier molecular flexibility index (Phi) is 5.65. The van der Waals surface area contributed by atoms with Crippen LogP contribution < -0.4 is 5.32 Å². The molecule has 1 aliphatic rings. The molecule has 0 aromatic heterocycles. The number of hydrogen-bond acceptors (Lipinski definition) is 3. The van der Waals surface area contributed by atoms with Gasteiger partial charge in [-0.25, -0.2) is 8.42 Å². The van der Waals surface area contributed by atoms with E-state index < -0.39 is 10.0 Å². The zero-order valence-electron chi connectivity index (χ0n) is 14.5. The topological polar surface area (TPSA) is 66.5 Å². The number of rotatable bonds is 5. The Hall–Kier alpha value is -1.89.